The van der Waals surface area contributed by atoms with Crippen molar-refractivity contribution in [1.82, 2.24) is 0 Å². The molecular weight excluding hydrogens is 325 g/mol. The minimum atomic E-state index is -4.91. The molecule has 2 rings (SSSR count). The van der Waals surface area contributed by atoms with Crippen molar-refractivity contribution >= 4 is 17.2 Å². The van der Waals surface area contributed by atoms with Crippen LogP contribution in [0.1, 0.15) is 19.4 Å². The van der Waals surface area contributed by atoms with E-state index in [9.17, 15) is 28.1 Å². The molecule has 24 heavy (non-hydrogen) atoms. The summed E-state index contributed by atoms with van der Waals surface area (Å²) in [4.78, 5) is 23.0. The summed E-state index contributed by atoms with van der Waals surface area (Å²) in [7, 11) is 1.67. The van der Waals surface area contributed by atoms with Gasteiger partial charge in [-0.15, -0.1) is 0 Å². The van der Waals surface area contributed by atoms with E-state index >= 15 is 0 Å². The molecule has 0 atom stereocenters. The van der Waals surface area contributed by atoms with Crippen LogP contribution in [0, 0.1) is 10.1 Å². The number of rotatable bonds is 3. The number of alkyl halides is 3. The van der Waals surface area contributed by atoms with Gasteiger partial charge in [-0.05, 0) is 23.8 Å². The molecule has 0 bridgehead atoms. The molecule has 1 aliphatic rings. The number of non-ortho nitro benzene ring substituents is 1. The topological polar surface area (TPSA) is 63.5 Å². The second kappa shape index (κ2) is 5.77. The number of anilines is 1. The van der Waals surface area contributed by atoms with Gasteiger partial charge in [-0.3, -0.25) is 14.9 Å². The summed E-state index contributed by atoms with van der Waals surface area (Å²) >= 11 is 0. The van der Waals surface area contributed by atoms with Gasteiger partial charge >= 0.3 is 6.18 Å². The Morgan fingerprint density at radius 3 is 2.50 bits per heavy atom. The summed E-state index contributed by atoms with van der Waals surface area (Å²) < 4.78 is 36.7. The fourth-order valence-electron chi connectivity index (χ4n) is 2.77. The van der Waals surface area contributed by atoms with Crippen LogP contribution in [0.5, 0.6) is 0 Å². The SMILES string of the molecule is CN1C(=C/C=C/C(=O)C(F)(F)F)C(C)(C)c2ccc([N+](=O)[O-])cc21. The van der Waals surface area contributed by atoms with Crippen LogP contribution >= 0.6 is 0 Å². The Kier molecular flexibility index (Phi) is 4.26. The summed E-state index contributed by atoms with van der Waals surface area (Å²) in [6.45, 7) is 3.71. The number of ketones is 1. The largest absolute Gasteiger partial charge is 0.454 e. The number of nitro benzene ring substituents is 1. The van der Waals surface area contributed by atoms with Gasteiger partial charge in [0.25, 0.3) is 11.5 Å². The summed E-state index contributed by atoms with van der Waals surface area (Å²) in [6.07, 6.45) is -1.99. The molecule has 1 heterocycles. The Hall–Kier alpha value is -2.64. The molecule has 8 heteroatoms. The molecule has 0 saturated heterocycles. The zero-order valence-electron chi connectivity index (χ0n) is 13.2. The number of likely N-dealkylation sites (N-methyl/N-ethyl adjacent to an activating group) is 1. The predicted octanol–water partition coefficient (Wildman–Crippen LogP) is 3.89. The van der Waals surface area contributed by atoms with Gasteiger partial charge < -0.3 is 4.90 Å². The number of hydrogen-bond donors (Lipinski definition) is 0. The summed E-state index contributed by atoms with van der Waals surface area (Å²) in [6, 6.07) is 4.44. The van der Waals surface area contributed by atoms with Crippen LogP contribution < -0.4 is 4.90 Å². The van der Waals surface area contributed by atoms with E-state index in [-0.39, 0.29) is 5.69 Å². The fourth-order valence-corrected chi connectivity index (χ4v) is 2.77. The molecule has 0 amide bonds. The normalized spacial score (nSPS) is 18.2. The number of allylic oxidation sites excluding steroid dienone is 4. The Labute approximate surface area is 136 Å². The van der Waals surface area contributed by atoms with Gasteiger partial charge in [0.15, 0.2) is 0 Å². The molecule has 0 N–H and O–H groups in total. The Morgan fingerprint density at radius 1 is 1.33 bits per heavy atom. The summed E-state index contributed by atoms with van der Waals surface area (Å²) in [5.41, 5.74) is 1.42. The molecule has 0 spiro atoms. The maximum absolute atomic E-state index is 12.2. The van der Waals surface area contributed by atoms with Crippen molar-refractivity contribution in [2.75, 3.05) is 11.9 Å². The number of fused-ring (bicyclic) bond motifs is 1. The van der Waals surface area contributed by atoms with Crippen molar-refractivity contribution in [2.24, 2.45) is 0 Å². The molecular formula is C16H15F3N2O3. The lowest BCUT2D eigenvalue weighted by molar-refractivity contribution is -0.384. The zero-order chi connectivity index (χ0) is 18.3. The van der Waals surface area contributed by atoms with Crippen molar-refractivity contribution in [3.8, 4) is 0 Å². The Balaban J connectivity index is 2.40. The van der Waals surface area contributed by atoms with Crippen molar-refractivity contribution in [1.29, 1.82) is 0 Å². The molecule has 128 valence electrons. The van der Waals surface area contributed by atoms with Gasteiger partial charge in [-0.25, -0.2) is 0 Å². The van der Waals surface area contributed by atoms with Crippen LogP contribution in [0.3, 0.4) is 0 Å². The first-order chi connectivity index (χ1) is 11.0. The standard InChI is InChI=1S/C16H15F3N2O3/c1-15(2)11-8-7-10(21(23)24)9-12(11)20(3)13(15)5-4-6-14(22)16(17,18)19/h4-9H,1-3H3/b6-4+,13-5?. The second-order valence-electron chi connectivity index (χ2n) is 5.92. The maximum atomic E-state index is 12.2. The molecule has 0 unspecified atom stereocenters. The summed E-state index contributed by atoms with van der Waals surface area (Å²) in [5.74, 6) is -1.94. The molecule has 0 aliphatic carbocycles. The number of hydrogen-bond acceptors (Lipinski definition) is 4. The first-order valence-electron chi connectivity index (χ1n) is 6.99. The van der Waals surface area contributed by atoms with E-state index in [2.05, 4.69) is 0 Å². The molecule has 0 radical (unpaired) electrons. The van der Waals surface area contributed by atoms with Crippen LogP contribution in [0.25, 0.3) is 0 Å². The molecule has 1 aromatic rings. The quantitative estimate of drug-likeness (QED) is 0.476. The van der Waals surface area contributed by atoms with E-state index in [1.165, 1.54) is 18.2 Å². The van der Waals surface area contributed by atoms with E-state index < -0.39 is 22.3 Å². The van der Waals surface area contributed by atoms with Crippen molar-refractivity contribution in [3.05, 3.63) is 57.8 Å². The predicted molar refractivity (Wildman–Crippen MR) is 82.8 cm³/mol. The van der Waals surface area contributed by atoms with Gasteiger partial charge in [0, 0.05) is 30.3 Å². The van der Waals surface area contributed by atoms with Crippen molar-refractivity contribution in [2.45, 2.75) is 25.4 Å². The van der Waals surface area contributed by atoms with Crippen LogP contribution in [-0.4, -0.2) is 23.9 Å². The average Bonchev–Trinajstić information content (AvgIpc) is 2.66. The van der Waals surface area contributed by atoms with Crippen LogP contribution in [0.15, 0.2) is 42.1 Å². The van der Waals surface area contributed by atoms with E-state index in [0.29, 0.717) is 17.5 Å². The van der Waals surface area contributed by atoms with Crippen molar-refractivity contribution < 1.29 is 22.9 Å². The highest BCUT2D eigenvalue weighted by Crippen LogP contribution is 2.47. The highest BCUT2D eigenvalue weighted by atomic mass is 19.4. The van der Waals surface area contributed by atoms with Gasteiger partial charge in [0.05, 0.1) is 10.6 Å². The number of nitro groups is 1. The lowest BCUT2D eigenvalue weighted by Crippen LogP contribution is -2.23. The zero-order valence-corrected chi connectivity index (χ0v) is 13.2. The van der Waals surface area contributed by atoms with E-state index in [0.717, 1.165) is 11.6 Å². The number of benzene rings is 1. The fraction of sp³-hybridized carbons (Fsp3) is 0.312. The van der Waals surface area contributed by atoms with E-state index in [1.807, 2.05) is 13.8 Å². The molecule has 1 aliphatic heterocycles. The highest BCUT2D eigenvalue weighted by molar-refractivity contribution is 5.94. The Morgan fingerprint density at radius 2 is 1.96 bits per heavy atom. The molecule has 0 aromatic heterocycles. The van der Waals surface area contributed by atoms with E-state index in [4.69, 9.17) is 0 Å². The maximum Gasteiger partial charge on any atom is 0.454 e. The van der Waals surface area contributed by atoms with Crippen LogP contribution in [-0.2, 0) is 10.2 Å². The molecule has 5 nitrogen and oxygen atoms in total. The monoisotopic (exact) mass is 340 g/mol. The minimum Gasteiger partial charge on any atom is -0.347 e. The van der Waals surface area contributed by atoms with Crippen LogP contribution in [0.2, 0.25) is 0 Å². The average molecular weight is 340 g/mol. The first-order valence-corrected chi connectivity index (χ1v) is 6.99. The summed E-state index contributed by atoms with van der Waals surface area (Å²) in [5, 5.41) is 10.9. The van der Waals surface area contributed by atoms with Crippen molar-refractivity contribution in [3.63, 3.8) is 0 Å². The van der Waals surface area contributed by atoms with Gasteiger partial charge in [0.1, 0.15) is 0 Å². The highest BCUT2D eigenvalue weighted by Gasteiger charge is 2.39. The third kappa shape index (κ3) is 3.04. The van der Waals surface area contributed by atoms with Gasteiger partial charge in [-0.2, -0.15) is 13.2 Å². The smallest absolute Gasteiger partial charge is 0.347 e. The molecule has 0 saturated carbocycles. The third-order valence-corrected chi connectivity index (χ3v) is 4.01. The second-order valence-corrected chi connectivity index (χ2v) is 5.92. The van der Waals surface area contributed by atoms with E-state index in [1.54, 1.807) is 18.0 Å². The lowest BCUT2D eigenvalue weighted by atomic mass is 9.83. The first kappa shape index (κ1) is 17.7. The molecule has 1 aromatic carbocycles. The minimum absolute atomic E-state index is 0.0690. The van der Waals surface area contributed by atoms with Gasteiger partial charge in [-0.1, -0.05) is 19.9 Å². The number of halogens is 3. The number of carbonyl (C=O) groups is 1. The lowest BCUT2D eigenvalue weighted by Gasteiger charge is -2.23. The van der Waals surface area contributed by atoms with Gasteiger partial charge in [0.2, 0.25) is 0 Å². The van der Waals surface area contributed by atoms with Crippen LogP contribution in [0.4, 0.5) is 24.5 Å². The number of carbonyl (C=O) groups excluding carboxylic acids is 1. The third-order valence-electron chi connectivity index (χ3n) is 4.01. The Bertz CT molecular complexity index is 764. The number of nitrogens with zero attached hydrogens (tertiary/aromatic N) is 2. The molecule has 0 fully saturated rings.